The van der Waals surface area contributed by atoms with Crippen molar-refractivity contribution in [3.05, 3.63) is 0 Å². The maximum atomic E-state index is 9.33. The van der Waals surface area contributed by atoms with E-state index >= 15 is 0 Å². The molecule has 6 heavy (non-hydrogen) atoms. The van der Waals surface area contributed by atoms with Crippen LogP contribution < -0.4 is 0 Å². The summed E-state index contributed by atoms with van der Waals surface area (Å²) in [7, 11) is -3.64. The fraction of sp³-hybridized carbons (Fsp3) is 1.00. The van der Waals surface area contributed by atoms with Gasteiger partial charge in [0, 0.05) is 27.7 Å². The van der Waals surface area contributed by atoms with Crippen molar-refractivity contribution in [2.45, 2.75) is 0 Å². The molecule has 0 atom stereocenters. The zero-order valence-electron chi connectivity index (χ0n) is 3.16. The van der Waals surface area contributed by atoms with Crippen molar-refractivity contribution < 1.29 is 35.4 Å². The summed E-state index contributed by atoms with van der Waals surface area (Å²) < 4.78 is 9.33. The normalized spacial score (nSPS) is 9.83. The van der Waals surface area contributed by atoms with E-state index in [-0.39, 0.29) is 21.1 Å². The van der Waals surface area contributed by atoms with E-state index in [9.17, 15) is 4.57 Å². The molecule has 0 unspecified atom stereocenters. The van der Waals surface area contributed by atoms with Crippen LogP contribution in [0.25, 0.3) is 0 Å². The van der Waals surface area contributed by atoms with Crippen LogP contribution in [0.15, 0.2) is 0 Å². The number of rotatable bonds is 0. The summed E-state index contributed by atoms with van der Waals surface area (Å²) in [6.45, 7) is 0.854. The van der Waals surface area contributed by atoms with Crippen molar-refractivity contribution in [1.82, 2.24) is 0 Å². The molecule has 0 rings (SSSR count). The molecule has 0 aromatic heterocycles. The molecule has 0 spiro atoms. The molecule has 0 aromatic carbocycles. The maximum absolute atomic E-state index is 9.33. The van der Waals surface area contributed by atoms with Gasteiger partial charge in [-0.3, -0.25) is 4.57 Å². The molecule has 38 valence electrons. The summed E-state index contributed by atoms with van der Waals surface area (Å²) >= 11 is 0. The van der Waals surface area contributed by atoms with Gasteiger partial charge >= 0.3 is 7.60 Å². The van der Waals surface area contributed by atoms with E-state index in [1.165, 1.54) is 0 Å². The third-order valence-corrected chi connectivity index (χ3v) is 0. The van der Waals surface area contributed by atoms with Crippen molar-refractivity contribution in [3.8, 4) is 0 Å². The van der Waals surface area contributed by atoms with E-state index in [1.54, 1.807) is 0 Å². The Labute approximate surface area is 50.2 Å². The van der Waals surface area contributed by atoms with Gasteiger partial charge in [-0.1, -0.05) is 0 Å². The maximum Gasteiger partial charge on any atom is 0.322 e. The van der Waals surface area contributed by atoms with Gasteiger partial charge in [0.25, 0.3) is 0 Å². The van der Waals surface area contributed by atoms with Gasteiger partial charge in [-0.15, -0.1) is 0 Å². The summed E-state index contributed by atoms with van der Waals surface area (Å²) in [6, 6.07) is 0. The largest absolute Gasteiger partial charge is 0.325 e. The molecule has 0 fully saturated rings. The second kappa shape index (κ2) is 2.92. The van der Waals surface area contributed by atoms with Crippen molar-refractivity contribution >= 4 is 7.60 Å². The van der Waals surface area contributed by atoms with E-state index in [1.807, 2.05) is 0 Å². The van der Waals surface area contributed by atoms with Crippen molar-refractivity contribution in [3.63, 3.8) is 0 Å². The minimum absolute atomic E-state index is 0. The van der Waals surface area contributed by atoms with E-state index < -0.39 is 7.60 Å². The molecule has 0 amide bonds. The Hall–Kier alpha value is 0.838. The molecular weight excluding hydrogens is 275 g/mol. The smallest absolute Gasteiger partial charge is 0.322 e. The molecule has 3 nitrogen and oxygen atoms in total. The van der Waals surface area contributed by atoms with Gasteiger partial charge in [-0.25, -0.2) is 0 Å². The predicted molar refractivity (Wildman–Crippen MR) is 18.0 cm³/mol. The van der Waals surface area contributed by atoms with E-state index in [2.05, 4.69) is 0 Å². The fourth-order valence-electron chi connectivity index (χ4n) is 0. The van der Waals surface area contributed by atoms with Crippen LogP contribution in [0.2, 0.25) is 0 Å². The molecule has 0 heterocycles. The molecule has 0 bridgehead atoms. The quantitative estimate of drug-likeness (QED) is 0.604. The molecular formula is CH5O3PW. The van der Waals surface area contributed by atoms with Crippen LogP contribution in [0.3, 0.4) is 0 Å². The van der Waals surface area contributed by atoms with Crippen LogP contribution in [-0.2, 0) is 25.6 Å². The zero-order chi connectivity index (χ0) is 4.50. The van der Waals surface area contributed by atoms with Crippen molar-refractivity contribution in [2.75, 3.05) is 6.66 Å². The Kier molecular flexibility index (Phi) is 4.85. The second-order valence-corrected chi connectivity index (χ2v) is 2.51. The number of hydrogen-bond donors (Lipinski definition) is 2. The van der Waals surface area contributed by atoms with Crippen LogP contribution in [0, 0.1) is 0 Å². The first-order chi connectivity index (χ1) is 2.00. The van der Waals surface area contributed by atoms with Crippen molar-refractivity contribution in [2.24, 2.45) is 0 Å². The molecule has 0 aliphatic rings. The Morgan fingerprint density at radius 3 is 1.50 bits per heavy atom. The Balaban J connectivity index is 0. The van der Waals surface area contributed by atoms with Crippen LogP contribution in [0.1, 0.15) is 0 Å². The summed E-state index contributed by atoms with van der Waals surface area (Å²) in [5.74, 6) is 0. The standard InChI is InChI=1S/CH5O3P.W/c1-5(2,3)4;/h1H3,(H2,2,3,4);. The van der Waals surface area contributed by atoms with E-state index in [0.717, 1.165) is 6.66 Å². The third kappa shape index (κ3) is 101. The first-order valence-corrected chi connectivity index (χ1v) is 3.09. The molecule has 5 heteroatoms. The minimum atomic E-state index is -3.64. The van der Waals surface area contributed by atoms with Crippen LogP contribution in [0.5, 0.6) is 0 Å². The van der Waals surface area contributed by atoms with Crippen molar-refractivity contribution in [1.29, 1.82) is 0 Å². The van der Waals surface area contributed by atoms with Crippen LogP contribution >= 0.6 is 7.60 Å². The van der Waals surface area contributed by atoms with Gasteiger partial charge in [0.15, 0.2) is 0 Å². The summed E-state index contributed by atoms with van der Waals surface area (Å²) in [5, 5.41) is 0. The summed E-state index contributed by atoms with van der Waals surface area (Å²) in [4.78, 5) is 15.3. The van der Waals surface area contributed by atoms with Gasteiger partial charge in [-0.2, -0.15) is 0 Å². The van der Waals surface area contributed by atoms with E-state index in [4.69, 9.17) is 9.79 Å². The summed E-state index contributed by atoms with van der Waals surface area (Å²) in [5.41, 5.74) is 0. The average Bonchev–Trinajstić information content (AvgIpc) is 0.722. The van der Waals surface area contributed by atoms with Crippen LogP contribution in [0.4, 0.5) is 0 Å². The fourth-order valence-corrected chi connectivity index (χ4v) is 0. The van der Waals surface area contributed by atoms with Gasteiger partial charge in [0.2, 0.25) is 0 Å². The summed E-state index contributed by atoms with van der Waals surface area (Å²) in [6.07, 6.45) is 0. The number of hydrogen-bond acceptors (Lipinski definition) is 1. The molecule has 2 N–H and O–H groups in total. The molecule has 0 aliphatic heterocycles. The minimum Gasteiger partial charge on any atom is -0.325 e. The Bertz CT molecular complexity index is 56.9. The molecule has 0 aliphatic carbocycles. The van der Waals surface area contributed by atoms with Crippen LogP contribution in [-0.4, -0.2) is 16.5 Å². The molecule has 0 aromatic rings. The molecule has 0 radical (unpaired) electrons. The topological polar surface area (TPSA) is 57.5 Å². The zero-order valence-corrected chi connectivity index (χ0v) is 6.99. The Morgan fingerprint density at radius 2 is 1.50 bits per heavy atom. The first kappa shape index (κ1) is 9.96. The van der Waals surface area contributed by atoms with E-state index in [0.29, 0.717) is 0 Å². The third-order valence-electron chi connectivity index (χ3n) is 0. The van der Waals surface area contributed by atoms with Gasteiger partial charge in [-0.05, 0) is 0 Å². The average molecular weight is 280 g/mol. The van der Waals surface area contributed by atoms with Gasteiger partial charge in [0.05, 0.1) is 0 Å². The Morgan fingerprint density at radius 1 is 1.50 bits per heavy atom. The predicted octanol–water partition coefficient (Wildman–Crippen LogP) is -0.209. The monoisotopic (exact) mass is 280 g/mol. The first-order valence-electron chi connectivity index (χ1n) is 1.03. The second-order valence-electron chi connectivity index (χ2n) is 0.835. The van der Waals surface area contributed by atoms with Gasteiger partial charge < -0.3 is 9.79 Å². The molecule has 0 saturated heterocycles. The molecule has 0 saturated carbocycles. The van der Waals surface area contributed by atoms with Gasteiger partial charge in [0.1, 0.15) is 0 Å². The SMILES string of the molecule is CP(=O)(O)O.[W].